The topological polar surface area (TPSA) is 95.8 Å². The predicted molar refractivity (Wildman–Crippen MR) is 131 cm³/mol. The number of carbonyl (C=O) groups excluding carboxylic acids is 1. The molecular formula is C24H23F4N7O2. The summed E-state index contributed by atoms with van der Waals surface area (Å²) in [5.74, 6) is -1.16. The highest BCUT2D eigenvalue weighted by Gasteiger charge is 2.31. The number of carbonyl (C=O) groups is 1. The third-order valence-electron chi connectivity index (χ3n) is 5.39. The summed E-state index contributed by atoms with van der Waals surface area (Å²) in [6, 6.07) is 6.52. The van der Waals surface area contributed by atoms with Gasteiger partial charge in [0.25, 0.3) is 5.95 Å². The number of Topliss-reactive ketones (excluding diaryl/α,β-unsaturated/α-hetero) is 1. The minimum absolute atomic E-state index is 0.0443. The zero-order valence-corrected chi connectivity index (χ0v) is 20.0. The zero-order chi connectivity index (χ0) is 26.6. The van der Waals surface area contributed by atoms with Crippen molar-refractivity contribution in [3.05, 3.63) is 59.8 Å². The van der Waals surface area contributed by atoms with E-state index >= 15 is 0 Å². The van der Waals surface area contributed by atoms with Crippen molar-refractivity contribution in [2.24, 2.45) is 4.99 Å². The van der Waals surface area contributed by atoms with E-state index in [1.165, 1.54) is 18.3 Å². The number of nitrogens with zero attached hydrogens (tertiary/aromatic N) is 6. The molecule has 2 aromatic heterocycles. The Morgan fingerprint density at radius 3 is 2.51 bits per heavy atom. The smallest absolute Gasteiger partial charge is 0.378 e. The fourth-order valence-electron chi connectivity index (χ4n) is 3.48. The summed E-state index contributed by atoms with van der Waals surface area (Å²) in [7, 11) is 3.28. The lowest BCUT2D eigenvalue weighted by Crippen LogP contribution is -2.37. The molecule has 3 heterocycles. The summed E-state index contributed by atoms with van der Waals surface area (Å²) < 4.78 is 59.2. The highest BCUT2D eigenvalue weighted by Crippen LogP contribution is 2.35. The molecule has 1 aliphatic rings. The Balaban J connectivity index is 1.46. The van der Waals surface area contributed by atoms with Crippen LogP contribution in [0.5, 0.6) is 0 Å². The number of ether oxygens (including phenoxy) is 1. The second kappa shape index (κ2) is 10.9. The van der Waals surface area contributed by atoms with Crippen LogP contribution in [0.2, 0.25) is 0 Å². The molecule has 0 amide bonds. The summed E-state index contributed by atoms with van der Waals surface area (Å²) in [6.07, 6.45) is -1.22. The van der Waals surface area contributed by atoms with E-state index < -0.39 is 23.3 Å². The SMILES string of the molecule is CN(C)c1cc(Nc2ccc(C(=O)/C=N/c3ncc(F)c(N4CCOCC4)n3)nc2)cc(C(F)(F)F)c1. The van der Waals surface area contributed by atoms with Crippen molar-refractivity contribution in [2.75, 3.05) is 55.5 Å². The molecule has 4 rings (SSSR count). The Kier molecular flexibility index (Phi) is 7.62. The predicted octanol–water partition coefficient (Wildman–Crippen LogP) is 4.26. The molecule has 37 heavy (non-hydrogen) atoms. The summed E-state index contributed by atoms with van der Waals surface area (Å²) in [5, 5.41) is 2.88. The first kappa shape index (κ1) is 25.9. The molecule has 1 aromatic carbocycles. The van der Waals surface area contributed by atoms with Crippen LogP contribution in [0, 0.1) is 5.82 Å². The van der Waals surface area contributed by atoms with Gasteiger partial charge in [0.15, 0.2) is 11.6 Å². The number of aliphatic imine (C=N–C) groups is 1. The van der Waals surface area contributed by atoms with Gasteiger partial charge in [-0.2, -0.15) is 18.2 Å². The molecule has 1 fully saturated rings. The van der Waals surface area contributed by atoms with E-state index in [1.807, 2.05) is 0 Å². The second-order valence-corrected chi connectivity index (χ2v) is 8.28. The molecule has 0 spiro atoms. The fraction of sp³-hybridized carbons (Fsp3) is 0.292. The van der Waals surface area contributed by atoms with Crippen molar-refractivity contribution in [3.63, 3.8) is 0 Å². The van der Waals surface area contributed by atoms with Crippen molar-refractivity contribution < 1.29 is 27.1 Å². The molecule has 0 atom stereocenters. The Morgan fingerprint density at radius 2 is 1.86 bits per heavy atom. The Bertz CT molecular complexity index is 1290. The van der Waals surface area contributed by atoms with E-state index in [4.69, 9.17) is 4.74 Å². The number of pyridine rings is 1. The average Bonchev–Trinajstić information content (AvgIpc) is 2.88. The van der Waals surface area contributed by atoms with E-state index in [0.29, 0.717) is 37.7 Å². The zero-order valence-electron chi connectivity index (χ0n) is 20.0. The van der Waals surface area contributed by atoms with E-state index in [1.54, 1.807) is 30.0 Å². The number of hydrogen-bond donors (Lipinski definition) is 1. The molecule has 194 valence electrons. The number of morpholine rings is 1. The van der Waals surface area contributed by atoms with Crippen LogP contribution in [0.4, 0.5) is 46.4 Å². The minimum atomic E-state index is -4.51. The van der Waals surface area contributed by atoms with Crippen molar-refractivity contribution in [1.82, 2.24) is 15.0 Å². The molecule has 9 nitrogen and oxygen atoms in total. The van der Waals surface area contributed by atoms with Crippen LogP contribution in [0.3, 0.4) is 0 Å². The van der Waals surface area contributed by atoms with Crippen molar-refractivity contribution >= 4 is 40.8 Å². The summed E-state index contributed by atoms with van der Waals surface area (Å²) >= 11 is 0. The molecule has 13 heteroatoms. The monoisotopic (exact) mass is 517 g/mol. The van der Waals surface area contributed by atoms with E-state index in [0.717, 1.165) is 24.5 Å². The summed E-state index contributed by atoms with van der Waals surface area (Å²) in [5.41, 5.74) is 0.216. The first-order chi connectivity index (χ1) is 17.6. The van der Waals surface area contributed by atoms with Crippen LogP contribution < -0.4 is 15.1 Å². The van der Waals surface area contributed by atoms with Gasteiger partial charge in [0, 0.05) is 38.6 Å². The molecule has 0 unspecified atom stereocenters. The van der Waals surface area contributed by atoms with E-state index in [2.05, 4.69) is 25.3 Å². The van der Waals surface area contributed by atoms with Crippen LogP contribution in [-0.4, -0.2) is 67.3 Å². The van der Waals surface area contributed by atoms with Crippen molar-refractivity contribution in [1.29, 1.82) is 0 Å². The van der Waals surface area contributed by atoms with Crippen molar-refractivity contribution in [3.8, 4) is 0 Å². The van der Waals surface area contributed by atoms with Crippen LogP contribution in [0.15, 0.2) is 47.7 Å². The van der Waals surface area contributed by atoms with E-state index in [9.17, 15) is 22.4 Å². The number of benzene rings is 1. The van der Waals surface area contributed by atoms with Gasteiger partial charge in [-0.1, -0.05) is 0 Å². The number of ketones is 1. The number of halogens is 4. The number of nitrogens with one attached hydrogen (secondary N) is 1. The quantitative estimate of drug-likeness (QED) is 0.282. The molecule has 1 aliphatic heterocycles. The first-order valence-electron chi connectivity index (χ1n) is 11.2. The molecule has 0 radical (unpaired) electrons. The van der Waals surface area contributed by atoms with E-state index in [-0.39, 0.29) is 23.1 Å². The Labute approximate surface area is 209 Å². The van der Waals surface area contributed by atoms with Crippen LogP contribution in [0.25, 0.3) is 0 Å². The lowest BCUT2D eigenvalue weighted by molar-refractivity contribution is -0.137. The van der Waals surface area contributed by atoms with Crippen LogP contribution in [0.1, 0.15) is 16.1 Å². The third kappa shape index (κ3) is 6.55. The lowest BCUT2D eigenvalue weighted by Gasteiger charge is -2.27. The maximum absolute atomic E-state index is 14.2. The molecule has 0 aliphatic carbocycles. The average molecular weight is 517 g/mol. The van der Waals surface area contributed by atoms with Crippen molar-refractivity contribution in [2.45, 2.75) is 6.18 Å². The third-order valence-corrected chi connectivity index (χ3v) is 5.39. The number of hydrogen-bond acceptors (Lipinski definition) is 9. The molecule has 1 saturated heterocycles. The highest BCUT2D eigenvalue weighted by molar-refractivity contribution is 6.35. The van der Waals surface area contributed by atoms with Crippen LogP contribution >= 0.6 is 0 Å². The van der Waals surface area contributed by atoms with Gasteiger partial charge in [-0.15, -0.1) is 0 Å². The minimum Gasteiger partial charge on any atom is -0.378 e. The lowest BCUT2D eigenvalue weighted by atomic mass is 10.1. The van der Waals surface area contributed by atoms with Gasteiger partial charge in [0.05, 0.1) is 43.1 Å². The van der Waals surface area contributed by atoms with Gasteiger partial charge in [0.1, 0.15) is 5.69 Å². The van der Waals surface area contributed by atoms with Gasteiger partial charge in [-0.05, 0) is 30.3 Å². The fourth-order valence-corrected chi connectivity index (χ4v) is 3.48. The van der Waals surface area contributed by atoms with Gasteiger partial charge >= 0.3 is 6.18 Å². The maximum Gasteiger partial charge on any atom is 0.416 e. The second-order valence-electron chi connectivity index (χ2n) is 8.28. The van der Waals surface area contributed by atoms with Gasteiger partial charge in [-0.3, -0.25) is 9.78 Å². The highest BCUT2D eigenvalue weighted by atomic mass is 19.4. The Hall–Kier alpha value is -4.13. The number of alkyl halides is 3. The normalized spacial score (nSPS) is 14.2. The van der Waals surface area contributed by atoms with Gasteiger partial charge in [-0.25, -0.2) is 14.4 Å². The summed E-state index contributed by atoms with van der Waals surface area (Å²) in [6.45, 7) is 1.83. The Morgan fingerprint density at radius 1 is 1.11 bits per heavy atom. The molecule has 1 N–H and O–H groups in total. The molecule has 3 aromatic rings. The number of rotatable bonds is 7. The molecule has 0 saturated carbocycles. The molecule has 0 bridgehead atoms. The molecular weight excluding hydrogens is 494 g/mol. The number of anilines is 4. The maximum atomic E-state index is 14.2. The van der Waals surface area contributed by atoms with Gasteiger partial charge in [0.2, 0.25) is 5.78 Å². The summed E-state index contributed by atoms with van der Waals surface area (Å²) in [4.78, 5) is 31.7. The van der Waals surface area contributed by atoms with Gasteiger partial charge < -0.3 is 19.9 Å². The van der Waals surface area contributed by atoms with Crippen LogP contribution in [-0.2, 0) is 10.9 Å². The largest absolute Gasteiger partial charge is 0.416 e. The first-order valence-corrected chi connectivity index (χ1v) is 11.2. The standard InChI is InChI=1S/C24H23F4N7O2/c1-34(2)18-10-15(24(26,27)28)9-17(11-18)32-16-3-4-20(29-12-16)21(36)14-31-23-30-13-19(25)22(33-23)35-5-7-37-8-6-35/h3-4,9-14,32H,5-8H2,1-2H3/b31-14+. The number of aromatic nitrogens is 3.